The number of benzene rings is 2. The van der Waals surface area contributed by atoms with Crippen LogP contribution in [-0.2, 0) is 0 Å². The highest BCUT2D eigenvalue weighted by Crippen LogP contribution is 2.46. The lowest BCUT2D eigenvalue weighted by molar-refractivity contribution is -0.000309. The average molecular weight is 367 g/mol. The number of anilines is 1. The van der Waals surface area contributed by atoms with Crippen molar-refractivity contribution in [3.05, 3.63) is 59.7 Å². The molecule has 1 atom stereocenters. The quantitative estimate of drug-likeness (QED) is 0.687. The van der Waals surface area contributed by atoms with Gasteiger partial charge in [0.1, 0.15) is 11.4 Å². The van der Waals surface area contributed by atoms with Crippen LogP contribution >= 0.6 is 12.2 Å². The van der Waals surface area contributed by atoms with Crippen molar-refractivity contribution in [3.63, 3.8) is 0 Å². The van der Waals surface area contributed by atoms with E-state index in [0.717, 1.165) is 30.7 Å². The average Bonchev–Trinajstić information content (AvgIpc) is 2.64. The Morgan fingerprint density at radius 1 is 1.04 bits per heavy atom. The number of hydrogen-bond acceptors (Lipinski definition) is 2. The number of para-hydroxylation sites is 1. The fourth-order valence-electron chi connectivity index (χ4n) is 4.21. The number of fused-ring (bicyclic) bond motifs is 1. The highest BCUT2D eigenvalue weighted by Gasteiger charge is 2.41. The van der Waals surface area contributed by atoms with Gasteiger partial charge >= 0.3 is 0 Å². The lowest BCUT2D eigenvalue weighted by atomic mass is 9.77. The van der Waals surface area contributed by atoms with Crippen LogP contribution < -0.4 is 15.4 Å². The van der Waals surface area contributed by atoms with Gasteiger partial charge in [-0.3, -0.25) is 0 Å². The SMILES string of the molecule is Cc1ccc(NC(=S)N[C@@H]2CC3(CCCCC3)Oc3ccccc32)cc1. The summed E-state index contributed by atoms with van der Waals surface area (Å²) in [6.45, 7) is 2.09. The Morgan fingerprint density at radius 2 is 1.77 bits per heavy atom. The molecule has 4 heteroatoms. The summed E-state index contributed by atoms with van der Waals surface area (Å²) < 4.78 is 6.50. The molecule has 3 nitrogen and oxygen atoms in total. The Hall–Kier alpha value is -2.07. The Morgan fingerprint density at radius 3 is 2.54 bits per heavy atom. The number of ether oxygens (including phenoxy) is 1. The van der Waals surface area contributed by atoms with E-state index in [-0.39, 0.29) is 11.6 Å². The van der Waals surface area contributed by atoms with Crippen LogP contribution in [0.5, 0.6) is 5.75 Å². The normalized spacial score (nSPS) is 20.7. The van der Waals surface area contributed by atoms with Gasteiger partial charge in [-0.05, 0) is 63.0 Å². The molecule has 26 heavy (non-hydrogen) atoms. The highest BCUT2D eigenvalue weighted by molar-refractivity contribution is 7.80. The minimum absolute atomic E-state index is 0.0380. The Balaban J connectivity index is 1.52. The third-order valence-electron chi connectivity index (χ3n) is 5.58. The van der Waals surface area contributed by atoms with Gasteiger partial charge in [-0.25, -0.2) is 0 Å². The van der Waals surface area contributed by atoms with Gasteiger partial charge < -0.3 is 15.4 Å². The summed E-state index contributed by atoms with van der Waals surface area (Å²) in [5.41, 5.74) is 3.42. The van der Waals surface area contributed by atoms with Crippen LogP contribution in [0.1, 0.15) is 55.7 Å². The van der Waals surface area contributed by atoms with Crippen molar-refractivity contribution in [1.82, 2.24) is 5.32 Å². The molecular weight excluding hydrogens is 340 g/mol. The van der Waals surface area contributed by atoms with Crippen LogP contribution in [0.15, 0.2) is 48.5 Å². The number of aryl methyl sites for hydroxylation is 1. The van der Waals surface area contributed by atoms with Gasteiger partial charge in [-0.15, -0.1) is 0 Å². The summed E-state index contributed by atoms with van der Waals surface area (Å²) in [6, 6.07) is 16.9. The third-order valence-corrected chi connectivity index (χ3v) is 5.80. The molecule has 0 saturated heterocycles. The standard InChI is InChI=1S/C22H26N2OS/c1-16-9-11-17(12-10-16)23-21(26)24-19-15-22(13-5-2-6-14-22)25-20-8-4-3-7-18(19)20/h3-4,7-12,19H,2,5-6,13-15H2,1H3,(H2,23,24,26)/t19-/m1/s1. The predicted molar refractivity (Wildman–Crippen MR) is 111 cm³/mol. The van der Waals surface area contributed by atoms with Crippen LogP contribution in [0.3, 0.4) is 0 Å². The van der Waals surface area contributed by atoms with Crippen molar-refractivity contribution in [1.29, 1.82) is 0 Å². The molecule has 1 spiro atoms. The minimum Gasteiger partial charge on any atom is -0.487 e. The van der Waals surface area contributed by atoms with E-state index in [4.69, 9.17) is 17.0 Å². The molecule has 0 unspecified atom stereocenters. The third kappa shape index (κ3) is 3.70. The van der Waals surface area contributed by atoms with Gasteiger partial charge in [0.25, 0.3) is 0 Å². The fourth-order valence-corrected chi connectivity index (χ4v) is 4.47. The van der Waals surface area contributed by atoms with Crippen molar-refractivity contribution in [2.24, 2.45) is 0 Å². The summed E-state index contributed by atoms with van der Waals surface area (Å²) in [6.07, 6.45) is 7.06. The van der Waals surface area contributed by atoms with Gasteiger partial charge in [0, 0.05) is 17.7 Å². The van der Waals surface area contributed by atoms with Gasteiger partial charge in [0.15, 0.2) is 5.11 Å². The maximum absolute atomic E-state index is 6.50. The van der Waals surface area contributed by atoms with Crippen LogP contribution in [0.4, 0.5) is 5.69 Å². The molecule has 1 aliphatic heterocycles. The summed E-state index contributed by atoms with van der Waals surface area (Å²) >= 11 is 5.61. The first kappa shape index (κ1) is 17.3. The Bertz CT molecular complexity index is 781. The van der Waals surface area contributed by atoms with E-state index in [9.17, 15) is 0 Å². The zero-order valence-corrected chi connectivity index (χ0v) is 16.1. The van der Waals surface area contributed by atoms with E-state index >= 15 is 0 Å². The summed E-state index contributed by atoms with van der Waals surface area (Å²) in [7, 11) is 0. The Kier molecular flexibility index (Phi) is 4.86. The number of hydrogen-bond donors (Lipinski definition) is 2. The topological polar surface area (TPSA) is 33.3 Å². The van der Waals surface area contributed by atoms with Crippen molar-refractivity contribution in [2.75, 3.05) is 5.32 Å². The maximum Gasteiger partial charge on any atom is 0.171 e. The lowest BCUT2D eigenvalue weighted by Gasteiger charge is -2.45. The smallest absolute Gasteiger partial charge is 0.171 e. The fraction of sp³-hybridized carbons (Fsp3) is 0.409. The molecule has 2 aliphatic rings. The molecule has 1 heterocycles. The van der Waals surface area contributed by atoms with E-state index in [1.165, 1.54) is 30.4 Å². The first-order valence-corrected chi connectivity index (χ1v) is 9.97. The van der Waals surface area contributed by atoms with E-state index in [2.05, 4.69) is 66.1 Å². The summed E-state index contributed by atoms with van der Waals surface area (Å²) in [4.78, 5) is 0. The number of rotatable bonds is 2. The number of nitrogens with one attached hydrogen (secondary N) is 2. The van der Waals surface area contributed by atoms with Crippen LogP contribution in [-0.4, -0.2) is 10.7 Å². The second-order valence-corrected chi connectivity index (χ2v) is 8.01. The first-order chi connectivity index (χ1) is 12.6. The van der Waals surface area contributed by atoms with E-state index in [1.54, 1.807) is 0 Å². The van der Waals surface area contributed by atoms with Gasteiger partial charge in [0.05, 0.1) is 6.04 Å². The zero-order valence-electron chi connectivity index (χ0n) is 15.3. The molecule has 1 fully saturated rings. The zero-order chi connectivity index (χ0) is 18.0. The van der Waals surface area contributed by atoms with E-state index in [0.29, 0.717) is 5.11 Å². The molecule has 0 radical (unpaired) electrons. The van der Waals surface area contributed by atoms with Crippen molar-refractivity contribution in [2.45, 2.75) is 57.1 Å². The second kappa shape index (κ2) is 7.28. The van der Waals surface area contributed by atoms with Gasteiger partial charge in [-0.1, -0.05) is 42.3 Å². The van der Waals surface area contributed by atoms with Crippen LogP contribution in [0.2, 0.25) is 0 Å². The minimum atomic E-state index is -0.0380. The molecule has 2 N–H and O–H groups in total. The molecule has 1 aliphatic carbocycles. The molecule has 2 aromatic carbocycles. The maximum atomic E-state index is 6.50. The van der Waals surface area contributed by atoms with E-state index < -0.39 is 0 Å². The number of thiocarbonyl (C=S) groups is 1. The Labute approximate surface area is 161 Å². The molecule has 0 aromatic heterocycles. The molecule has 136 valence electrons. The van der Waals surface area contributed by atoms with Crippen LogP contribution in [0.25, 0.3) is 0 Å². The molecule has 4 rings (SSSR count). The van der Waals surface area contributed by atoms with Crippen molar-refractivity contribution >= 4 is 23.0 Å². The monoisotopic (exact) mass is 366 g/mol. The van der Waals surface area contributed by atoms with Crippen molar-refractivity contribution in [3.8, 4) is 5.75 Å². The van der Waals surface area contributed by atoms with E-state index in [1.807, 2.05) is 0 Å². The largest absolute Gasteiger partial charge is 0.487 e. The summed E-state index contributed by atoms with van der Waals surface area (Å²) in [5.74, 6) is 1.01. The van der Waals surface area contributed by atoms with Crippen molar-refractivity contribution < 1.29 is 4.74 Å². The first-order valence-electron chi connectivity index (χ1n) is 9.56. The summed E-state index contributed by atoms with van der Waals surface area (Å²) in [5, 5.41) is 7.54. The second-order valence-electron chi connectivity index (χ2n) is 7.60. The molecule has 0 amide bonds. The molecule has 1 saturated carbocycles. The van der Waals surface area contributed by atoms with Crippen LogP contribution in [0, 0.1) is 6.92 Å². The lowest BCUT2D eigenvalue weighted by Crippen LogP contribution is -2.47. The van der Waals surface area contributed by atoms with Gasteiger partial charge in [0.2, 0.25) is 0 Å². The van der Waals surface area contributed by atoms with Gasteiger partial charge in [-0.2, -0.15) is 0 Å². The molecule has 2 aromatic rings. The molecule has 0 bridgehead atoms. The highest BCUT2D eigenvalue weighted by atomic mass is 32.1. The molecular formula is C22H26N2OS. The predicted octanol–water partition coefficient (Wildman–Crippen LogP) is 5.51.